The van der Waals surface area contributed by atoms with E-state index < -0.39 is 0 Å². The van der Waals surface area contributed by atoms with Crippen LogP contribution in [0.1, 0.15) is 48.7 Å². The van der Waals surface area contributed by atoms with Crippen molar-refractivity contribution in [2.45, 2.75) is 53.6 Å². The van der Waals surface area contributed by atoms with E-state index in [2.05, 4.69) is 16.7 Å². The molecule has 1 aromatic heterocycles. The standard InChI is InChI=1S/C21H27N3O3/c1-6-19(25)23-18-10-8-15(4)24(21(18)27)12-20(26)22-16(5)17-9-7-13(2)11-14(17)3/h7-11,16H,6,12H2,1-5H3,(H,22,26)(H,23,25)/t16-/m0/s1. The number of carbonyl (C=O) groups excluding carboxylic acids is 2. The number of aromatic nitrogens is 1. The van der Waals surface area contributed by atoms with Gasteiger partial charge in [0, 0.05) is 12.1 Å². The summed E-state index contributed by atoms with van der Waals surface area (Å²) in [6.07, 6.45) is 0.279. The molecule has 2 N–H and O–H groups in total. The van der Waals surface area contributed by atoms with Gasteiger partial charge in [0.25, 0.3) is 5.56 Å². The number of pyridine rings is 1. The van der Waals surface area contributed by atoms with Crippen molar-refractivity contribution in [3.63, 3.8) is 0 Å². The summed E-state index contributed by atoms with van der Waals surface area (Å²) in [5.41, 5.74) is 3.78. The van der Waals surface area contributed by atoms with Gasteiger partial charge in [-0.1, -0.05) is 30.7 Å². The van der Waals surface area contributed by atoms with Crippen LogP contribution < -0.4 is 16.2 Å². The van der Waals surface area contributed by atoms with E-state index in [0.717, 1.165) is 11.1 Å². The van der Waals surface area contributed by atoms with Gasteiger partial charge in [-0.05, 0) is 51.0 Å². The molecule has 0 spiro atoms. The van der Waals surface area contributed by atoms with Gasteiger partial charge in [-0.3, -0.25) is 14.4 Å². The molecule has 0 fully saturated rings. The molecule has 144 valence electrons. The number of hydrogen-bond donors (Lipinski definition) is 2. The normalized spacial score (nSPS) is 11.7. The number of hydrogen-bond acceptors (Lipinski definition) is 3. The molecule has 6 heteroatoms. The quantitative estimate of drug-likeness (QED) is 0.821. The van der Waals surface area contributed by atoms with Crippen LogP contribution in [0.25, 0.3) is 0 Å². The maximum absolute atomic E-state index is 12.6. The molecule has 0 saturated heterocycles. The molecular formula is C21H27N3O3. The minimum atomic E-state index is -0.383. The fourth-order valence-corrected chi connectivity index (χ4v) is 3.02. The molecule has 1 atom stereocenters. The Bertz CT molecular complexity index is 915. The van der Waals surface area contributed by atoms with Crippen LogP contribution in [0.4, 0.5) is 5.69 Å². The number of benzene rings is 1. The lowest BCUT2D eigenvalue weighted by Crippen LogP contribution is -2.35. The minimum absolute atomic E-state index is 0.101. The van der Waals surface area contributed by atoms with Crippen LogP contribution in [0.15, 0.2) is 35.1 Å². The summed E-state index contributed by atoms with van der Waals surface area (Å²) in [4.78, 5) is 36.7. The van der Waals surface area contributed by atoms with Gasteiger partial charge < -0.3 is 15.2 Å². The van der Waals surface area contributed by atoms with Crippen molar-refractivity contribution in [2.75, 3.05) is 5.32 Å². The number of aryl methyl sites for hydroxylation is 3. The maximum atomic E-state index is 12.6. The van der Waals surface area contributed by atoms with E-state index in [4.69, 9.17) is 0 Å². The van der Waals surface area contributed by atoms with Gasteiger partial charge in [-0.2, -0.15) is 0 Å². The van der Waals surface area contributed by atoms with E-state index in [-0.39, 0.29) is 42.1 Å². The van der Waals surface area contributed by atoms with Gasteiger partial charge >= 0.3 is 0 Å². The first-order valence-electron chi connectivity index (χ1n) is 9.09. The van der Waals surface area contributed by atoms with E-state index in [1.165, 1.54) is 10.1 Å². The molecule has 0 aliphatic carbocycles. The first-order chi connectivity index (χ1) is 12.7. The predicted molar refractivity (Wildman–Crippen MR) is 107 cm³/mol. The van der Waals surface area contributed by atoms with E-state index in [1.54, 1.807) is 26.0 Å². The van der Waals surface area contributed by atoms with Crippen LogP contribution in [0.2, 0.25) is 0 Å². The summed E-state index contributed by atoms with van der Waals surface area (Å²) >= 11 is 0. The summed E-state index contributed by atoms with van der Waals surface area (Å²) in [6, 6.07) is 9.21. The molecule has 0 bridgehead atoms. The summed E-state index contributed by atoms with van der Waals surface area (Å²) < 4.78 is 1.37. The lowest BCUT2D eigenvalue weighted by atomic mass is 10.0. The fraction of sp³-hybridized carbons (Fsp3) is 0.381. The van der Waals surface area contributed by atoms with Gasteiger partial charge in [0.2, 0.25) is 11.8 Å². The molecule has 2 amide bonds. The van der Waals surface area contributed by atoms with Crippen molar-refractivity contribution >= 4 is 17.5 Å². The highest BCUT2D eigenvalue weighted by atomic mass is 16.2. The highest BCUT2D eigenvalue weighted by Gasteiger charge is 2.15. The van der Waals surface area contributed by atoms with Crippen LogP contribution in [0.5, 0.6) is 0 Å². The second kappa shape index (κ2) is 8.66. The zero-order chi connectivity index (χ0) is 20.1. The Labute approximate surface area is 159 Å². The molecule has 2 rings (SSSR count). The second-order valence-corrected chi connectivity index (χ2v) is 6.83. The highest BCUT2D eigenvalue weighted by Crippen LogP contribution is 2.18. The molecule has 0 saturated carbocycles. The number of carbonyl (C=O) groups is 2. The van der Waals surface area contributed by atoms with E-state index >= 15 is 0 Å². The minimum Gasteiger partial charge on any atom is -0.348 e. The molecule has 1 aromatic carbocycles. The first-order valence-corrected chi connectivity index (χ1v) is 9.09. The smallest absolute Gasteiger partial charge is 0.274 e. The average molecular weight is 369 g/mol. The number of nitrogens with zero attached hydrogens (tertiary/aromatic N) is 1. The zero-order valence-corrected chi connectivity index (χ0v) is 16.6. The molecule has 0 radical (unpaired) electrons. The van der Waals surface area contributed by atoms with E-state index in [1.807, 2.05) is 32.9 Å². The van der Waals surface area contributed by atoms with Crippen LogP contribution in [0.3, 0.4) is 0 Å². The Morgan fingerprint density at radius 1 is 1.07 bits per heavy atom. The molecule has 2 aromatic rings. The molecule has 6 nitrogen and oxygen atoms in total. The number of anilines is 1. The van der Waals surface area contributed by atoms with Crippen LogP contribution in [-0.4, -0.2) is 16.4 Å². The SMILES string of the molecule is CCC(=O)Nc1ccc(C)n(CC(=O)N[C@@H](C)c2ccc(C)cc2C)c1=O. The van der Waals surface area contributed by atoms with Crippen molar-refractivity contribution in [3.8, 4) is 0 Å². The topological polar surface area (TPSA) is 80.2 Å². The third kappa shape index (κ3) is 5.06. The lowest BCUT2D eigenvalue weighted by molar-refractivity contribution is -0.122. The van der Waals surface area contributed by atoms with E-state index in [9.17, 15) is 14.4 Å². The molecule has 0 unspecified atom stereocenters. The summed E-state index contributed by atoms with van der Waals surface area (Å²) in [6.45, 7) is 9.33. The Balaban J connectivity index is 2.16. The average Bonchev–Trinajstić information content (AvgIpc) is 2.60. The Hall–Kier alpha value is -2.89. The molecule has 0 aliphatic rings. The third-order valence-corrected chi connectivity index (χ3v) is 4.56. The van der Waals surface area contributed by atoms with Crippen molar-refractivity contribution < 1.29 is 9.59 Å². The molecule has 1 heterocycles. The van der Waals surface area contributed by atoms with Gasteiger partial charge in [0.1, 0.15) is 12.2 Å². The lowest BCUT2D eigenvalue weighted by Gasteiger charge is -2.18. The highest BCUT2D eigenvalue weighted by molar-refractivity contribution is 5.90. The summed E-state index contributed by atoms with van der Waals surface area (Å²) in [5.74, 6) is -0.498. The maximum Gasteiger partial charge on any atom is 0.274 e. The monoisotopic (exact) mass is 369 g/mol. The van der Waals surface area contributed by atoms with Crippen molar-refractivity contribution in [3.05, 3.63) is 63.1 Å². The van der Waals surface area contributed by atoms with Crippen LogP contribution in [-0.2, 0) is 16.1 Å². The number of amides is 2. The Morgan fingerprint density at radius 2 is 1.78 bits per heavy atom. The third-order valence-electron chi connectivity index (χ3n) is 4.56. The fourth-order valence-electron chi connectivity index (χ4n) is 3.02. The van der Waals surface area contributed by atoms with Crippen molar-refractivity contribution in [1.29, 1.82) is 0 Å². The number of nitrogens with one attached hydrogen (secondary N) is 2. The van der Waals surface area contributed by atoms with Gasteiger partial charge in [0.05, 0.1) is 6.04 Å². The summed E-state index contributed by atoms with van der Waals surface area (Å²) in [5, 5.41) is 5.52. The molecular weight excluding hydrogens is 342 g/mol. The molecule has 0 aliphatic heterocycles. The predicted octanol–water partition coefficient (Wildman–Crippen LogP) is 3.00. The zero-order valence-electron chi connectivity index (χ0n) is 16.6. The van der Waals surface area contributed by atoms with Crippen LogP contribution in [0, 0.1) is 20.8 Å². The van der Waals surface area contributed by atoms with Gasteiger partial charge in [-0.15, -0.1) is 0 Å². The largest absolute Gasteiger partial charge is 0.348 e. The van der Waals surface area contributed by atoms with Crippen molar-refractivity contribution in [2.24, 2.45) is 0 Å². The van der Waals surface area contributed by atoms with Gasteiger partial charge in [-0.25, -0.2) is 0 Å². The Kier molecular flexibility index (Phi) is 6.55. The molecule has 27 heavy (non-hydrogen) atoms. The second-order valence-electron chi connectivity index (χ2n) is 6.83. The first kappa shape index (κ1) is 20.4. The Morgan fingerprint density at radius 3 is 2.41 bits per heavy atom. The number of rotatable bonds is 6. The van der Waals surface area contributed by atoms with Crippen molar-refractivity contribution in [1.82, 2.24) is 9.88 Å². The van der Waals surface area contributed by atoms with Crippen LogP contribution >= 0.6 is 0 Å². The van der Waals surface area contributed by atoms with Gasteiger partial charge in [0.15, 0.2) is 0 Å². The summed E-state index contributed by atoms with van der Waals surface area (Å²) in [7, 11) is 0. The van der Waals surface area contributed by atoms with E-state index in [0.29, 0.717) is 5.69 Å².